The van der Waals surface area contributed by atoms with Gasteiger partial charge >= 0.3 is 5.97 Å². The van der Waals surface area contributed by atoms with Crippen LogP contribution in [0.1, 0.15) is 24.2 Å². The van der Waals surface area contributed by atoms with E-state index in [1.807, 2.05) is 0 Å². The predicted molar refractivity (Wildman–Crippen MR) is 92.5 cm³/mol. The van der Waals surface area contributed by atoms with Gasteiger partial charge in [0.05, 0.1) is 0 Å². The molecular weight excluding hydrogens is 378 g/mol. The number of carbonyl (C=O) groups is 2. The van der Waals surface area contributed by atoms with Crippen molar-refractivity contribution in [3.05, 3.63) is 52.5 Å². The quantitative estimate of drug-likeness (QED) is 0.720. The number of hydrogen-bond donors (Lipinski definition) is 3. The van der Waals surface area contributed by atoms with Gasteiger partial charge in [0.1, 0.15) is 17.1 Å². The summed E-state index contributed by atoms with van der Waals surface area (Å²) in [5.41, 5.74) is -1.14. The molecule has 6 nitrogen and oxygen atoms in total. The molecule has 2 aromatic carbocycles. The third kappa shape index (κ3) is 4.26. The van der Waals surface area contributed by atoms with Crippen LogP contribution in [0, 0.1) is 0 Å². The molecule has 7 heteroatoms. The van der Waals surface area contributed by atoms with E-state index in [9.17, 15) is 14.7 Å². The van der Waals surface area contributed by atoms with Crippen molar-refractivity contribution in [3.63, 3.8) is 0 Å². The van der Waals surface area contributed by atoms with E-state index in [-0.39, 0.29) is 11.3 Å². The van der Waals surface area contributed by atoms with Gasteiger partial charge in [0.15, 0.2) is 5.60 Å². The lowest BCUT2D eigenvalue weighted by molar-refractivity contribution is -0.128. The van der Waals surface area contributed by atoms with Gasteiger partial charge in [0, 0.05) is 16.2 Å². The Bertz CT molecular complexity index is 771. The standard InChI is InChI=1S/C17H16BrNO5/c1-17(2,24-12-6-3-10(18)4-7-12)16(23)19-11-5-8-13(15(21)22)14(20)9-11/h3-9,20H,1-2H3,(H,19,23)(H,21,22). The molecule has 0 saturated heterocycles. The molecule has 0 atom stereocenters. The van der Waals surface area contributed by atoms with Crippen molar-refractivity contribution < 1.29 is 24.5 Å². The van der Waals surface area contributed by atoms with E-state index >= 15 is 0 Å². The number of phenols is 1. The second-order valence-electron chi connectivity index (χ2n) is 5.56. The topological polar surface area (TPSA) is 95.9 Å². The number of hydrogen-bond acceptors (Lipinski definition) is 4. The molecule has 0 aliphatic rings. The van der Waals surface area contributed by atoms with E-state index in [2.05, 4.69) is 21.2 Å². The van der Waals surface area contributed by atoms with Crippen LogP contribution in [-0.2, 0) is 4.79 Å². The molecule has 0 saturated carbocycles. The number of carboxylic acids is 1. The maximum atomic E-state index is 12.4. The van der Waals surface area contributed by atoms with Crippen molar-refractivity contribution in [2.75, 3.05) is 5.32 Å². The third-order valence-electron chi connectivity index (χ3n) is 3.22. The molecule has 0 aliphatic carbocycles. The van der Waals surface area contributed by atoms with Gasteiger partial charge in [-0.15, -0.1) is 0 Å². The fraction of sp³-hybridized carbons (Fsp3) is 0.176. The number of aromatic hydroxyl groups is 1. The van der Waals surface area contributed by atoms with E-state index in [0.29, 0.717) is 5.75 Å². The summed E-state index contributed by atoms with van der Waals surface area (Å²) in [6.07, 6.45) is 0. The van der Waals surface area contributed by atoms with Crippen LogP contribution in [0.5, 0.6) is 11.5 Å². The van der Waals surface area contributed by atoms with Gasteiger partial charge in [-0.25, -0.2) is 4.79 Å². The average molecular weight is 394 g/mol. The van der Waals surface area contributed by atoms with Crippen molar-refractivity contribution >= 4 is 33.5 Å². The molecule has 0 radical (unpaired) electrons. The summed E-state index contributed by atoms with van der Waals surface area (Å²) >= 11 is 3.32. The lowest BCUT2D eigenvalue weighted by Gasteiger charge is -2.25. The summed E-state index contributed by atoms with van der Waals surface area (Å²) in [7, 11) is 0. The highest BCUT2D eigenvalue weighted by molar-refractivity contribution is 9.10. The number of benzene rings is 2. The van der Waals surface area contributed by atoms with Gasteiger partial charge < -0.3 is 20.3 Å². The highest BCUT2D eigenvalue weighted by Crippen LogP contribution is 2.25. The first-order chi connectivity index (χ1) is 11.2. The van der Waals surface area contributed by atoms with E-state index in [1.54, 1.807) is 38.1 Å². The molecule has 0 spiro atoms. The second kappa shape index (κ2) is 6.92. The number of rotatable bonds is 5. The van der Waals surface area contributed by atoms with Crippen molar-refractivity contribution in [1.82, 2.24) is 0 Å². The molecule has 0 aromatic heterocycles. The average Bonchev–Trinajstić information content (AvgIpc) is 2.49. The van der Waals surface area contributed by atoms with Gasteiger partial charge in [0.2, 0.25) is 0 Å². The summed E-state index contributed by atoms with van der Waals surface area (Å²) in [5.74, 6) is -1.58. The van der Waals surface area contributed by atoms with Gasteiger partial charge in [-0.2, -0.15) is 0 Å². The van der Waals surface area contributed by atoms with E-state index < -0.39 is 23.2 Å². The first kappa shape index (κ1) is 17.8. The number of carbonyl (C=O) groups excluding carboxylic acids is 1. The highest BCUT2D eigenvalue weighted by atomic mass is 79.9. The minimum atomic E-state index is -1.25. The van der Waals surface area contributed by atoms with Crippen LogP contribution in [-0.4, -0.2) is 27.7 Å². The van der Waals surface area contributed by atoms with Gasteiger partial charge in [-0.05, 0) is 50.2 Å². The molecule has 0 heterocycles. The fourth-order valence-electron chi connectivity index (χ4n) is 1.92. The summed E-state index contributed by atoms with van der Waals surface area (Å²) in [4.78, 5) is 23.3. The molecule has 2 rings (SSSR count). The molecule has 24 heavy (non-hydrogen) atoms. The van der Waals surface area contributed by atoms with E-state index in [4.69, 9.17) is 9.84 Å². The van der Waals surface area contributed by atoms with E-state index in [1.165, 1.54) is 18.2 Å². The minimum Gasteiger partial charge on any atom is -0.507 e. The normalized spacial score (nSPS) is 11.0. The van der Waals surface area contributed by atoms with Crippen molar-refractivity contribution in [3.8, 4) is 11.5 Å². The minimum absolute atomic E-state index is 0.238. The number of anilines is 1. The summed E-state index contributed by atoms with van der Waals surface area (Å²) in [6, 6.07) is 10.8. The Morgan fingerprint density at radius 3 is 2.29 bits per heavy atom. The number of aromatic carboxylic acids is 1. The molecule has 0 unspecified atom stereocenters. The molecule has 2 aromatic rings. The lowest BCUT2D eigenvalue weighted by Crippen LogP contribution is -2.42. The summed E-state index contributed by atoms with van der Waals surface area (Å²) in [6.45, 7) is 3.21. The van der Waals surface area contributed by atoms with Crippen LogP contribution >= 0.6 is 15.9 Å². The molecule has 126 valence electrons. The monoisotopic (exact) mass is 393 g/mol. The second-order valence-corrected chi connectivity index (χ2v) is 6.47. The van der Waals surface area contributed by atoms with Crippen molar-refractivity contribution in [2.24, 2.45) is 0 Å². The van der Waals surface area contributed by atoms with Gasteiger partial charge in [-0.3, -0.25) is 4.79 Å². The van der Waals surface area contributed by atoms with Gasteiger partial charge in [0.25, 0.3) is 5.91 Å². The molecule has 1 amide bonds. The predicted octanol–water partition coefficient (Wildman–Crippen LogP) is 3.65. The fourth-order valence-corrected chi connectivity index (χ4v) is 2.18. The Kier molecular flexibility index (Phi) is 5.14. The Balaban J connectivity index is 2.11. The zero-order chi connectivity index (χ0) is 17.9. The summed E-state index contributed by atoms with van der Waals surface area (Å²) < 4.78 is 6.59. The van der Waals surface area contributed by atoms with Crippen LogP contribution in [0.4, 0.5) is 5.69 Å². The lowest BCUT2D eigenvalue weighted by atomic mass is 10.1. The Hall–Kier alpha value is -2.54. The number of amides is 1. The molecule has 0 aliphatic heterocycles. The first-order valence-electron chi connectivity index (χ1n) is 7.01. The zero-order valence-electron chi connectivity index (χ0n) is 13.0. The van der Waals surface area contributed by atoms with Crippen LogP contribution in [0.3, 0.4) is 0 Å². The Labute approximate surface area is 147 Å². The number of ether oxygens (including phenoxy) is 1. The largest absolute Gasteiger partial charge is 0.507 e. The maximum absolute atomic E-state index is 12.4. The van der Waals surface area contributed by atoms with Crippen LogP contribution in [0.25, 0.3) is 0 Å². The molecule has 3 N–H and O–H groups in total. The SMILES string of the molecule is CC(C)(Oc1ccc(Br)cc1)C(=O)Nc1ccc(C(=O)O)c(O)c1. The molecular formula is C17H16BrNO5. The Morgan fingerprint density at radius 2 is 1.75 bits per heavy atom. The van der Waals surface area contributed by atoms with Crippen molar-refractivity contribution in [1.29, 1.82) is 0 Å². The van der Waals surface area contributed by atoms with Gasteiger partial charge in [-0.1, -0.05) is 15.9 Å². The Morgan fingerprint density at radius 1 is 1.12 bits per heavy atom. The molecule has 0 bridgehead atoms. The third-order valence-corrected chi connectivity index (χ3v) is 3.75. The zero-order valence-corrected chi connectivity index (χ0v) is 14.6. The number of carboxylic acid groups (broad SMARTS) is 1. The number of nitrogens with one attached hydrogen (secondary N) is 1. The van der Waals surface area contributed by atoms with Crippen LogP contribution < -0.4 is 10.1 Å². The highest BCUT2D eigenvalue weighted by Gasteiger charge is 2.30. The number of halogens is 1. The molecule has 0 fully saturated rings. The van der Waals surface area contributed by atoms with E-state index in [0.717, 1.165) is 4.47 Å². The van der Waals surface area contributed by atoms with Crippen LogP contribution in [0.2, 0.25) is 0 Å². The first-order valence-corrected chi connectivity index (χ1v) is 7.81. The summed E-state index contributed by atoms with van der Waals surface area (Å²) in [5, 5.41) is 21.1. The smallest absolute Gasteiger partial charge is 0.339 e. The maximum Gasteiger partial charge on any atom is 0.339 e. The van der Waals surface area contributed by atoms with Crippen molar-refractivity contribution in [2.45, 2.75) is 19.4 Å². The van der Waals surface area contributed by atoms with Crippen LogP contribution in [0.15, 0.2) is 46.9 Å².